The predicted molar refractivity (Wildman–Crippen MR) is 129 cm³/mol. The Balaban J connectivity index is 1.81. The van der Waals surface area contributed by atoms with Crippen molar-refractivity contribution in [3.8, 4) is 17.2 Å². The van der Waals surface area contributed by atoms with Gasteiger partial charge in [-0.1, -0.05) is 76.4 Å². The molecule has 162 valence electrons. The molecule has 3 aromatic rings. The first-order chi connectivity index (χ1) is 15.2. The van der Waals surface area contributed by atoms with E-state index in [1.165, 1.54) is 16.7 Å². The van der Waals surface area contributed by atoms with Gasteiger partial charge in [-0.25, -0.2) is 0 Å². The highest BCUT2D eigenvalue weighted by atomic mass is 16.7. The Hall–Kier alpha value is -2.88. The third-order valence-corrected chi connectivity index (χ3v) is 5.01. The number of hydrogen-bond acceptors (Lipinski definition) is 3. The van der Waals surface area contributed by atoms with E-state index in [0.29, 0.717) is 0 Å². The van der Waals surface area contributed by atoms with Crippen molar-refractivity contribution in [1.82, 2.24) is 0 Å². The van der Waals surface area contributed by atoms with E-state index in [-0.39, 0.29) is 0 Å². The molecule has 0 spiro atoms. The van der Waals surface area contributed by atoms with E-state index in [2.05, 4.69) is 57.2 Å². The van der Waals surface area contributed by atoms with Crippen LogP contribution in [0.2, 0.25) is 0 Å². The van der Waals surface area contributed by atoms with Crippen LogP contribution in [0.4, 0.5) is 0 Å². The average molecular weight is 416 g/mol. The van der Waals surface area contributed by atoms with Gasteiger partial charge in [0.15, 0.2) is 0 Å². The topological polar surface area (TPSA) is 27.7 Å². The summed E-state index contributed by atoms with van der Waals surface area (Å²) in [6.45, 7) is 6.53. The van der Waals surface area contributed by atoms with Crippen LogP contribution in [0, 0.1) is 0 Å². The van der Waals surface area contributed by atoms with Crippen LogP contribution in [0.15, 0.2) is 72.8 Å². The van der Waals surface area contributed by atoms with Crippen molar-refractivity contribution in [2.75, 3.05) is 0 Å². The highest BCUT2D eigenvalue weighted by Crippen LogP contribution is 2.22. The van der Waals surface area contributed by atoms with Crippen LogP contribution in [0.5, 0.6) is 17.2 Å². The number of hydrogen-bond donors (Lipinski definition) is 0. The van der Waals surface area contributed by atoms with Gasteiger partial charge < -0.3 is 14.0 Å². The minimum Gasteiger partial charge on any atom is -0.490 e. The Labute approximate surface area is 187 Å². The molecule has 0 fully saturated rings. The lowest BCUT2D eigenvalue weighted by molar-refractivity contribution is 0.307. The molecule has 0 unspecified atom stereocenters. The first kappa shape index (κ1) is 22.8. The average Bonchev–Trinajstić information content (AvgIpc) is 2.75. The second-order valence-electron chi connectivity index (χ2n) is 7.83. The molecule has 0 aliphatic heterocycles. The zero-order chi connectivity index (χ0) is 21.9. The standard InChI is InChI=1S/C27H33BO3/c1-4-10-22-13-7-16-25(19-22)29-28(30-26-17-8-14-23(20-26)11-5-2)31-27-18-9-15-24(21-27)12-6-3/h7-9,13-21H,4-6,10-12H2,1-3H3. The zero-order valence-corrected chi connectivity index (χ0v) is 19.0. The fraction of sp³-hybridized carbons (Fsp3) is 0.333. The summed E-state index contributed by atoms with van der Waals surface area (Å²) in [5, 5.41) is 0. The summed E-state index contributed by atoms with van der Waals surface area (Å²) < 4.78 is 18.5. The van der Waals surface area contributed by atoms with Gasteiger partial charge in [0, 0.05) is 0 Å². The summed E-state index contributed by atoms with van der Waals surface area (Å²) in [5.41, 5.74) is 3.73. The Kier molecular flexibility index (Phi) is 8.90. The van der Waals surface area contributed by atoms with E-state index < -0.39 is 7.32 Å². The highest BCUT2D eigenvalue weighted by Gasteiger charge is 2.30. The quantitative estimate of drug-likeness (QED) is 0.296. The molecular weight excluding hydrogens is 383 g/mol. The van der Waals surface area contributed by atoms with Crippen LogP contribution in [0.25, 0.3) is 0 Å². The van der Waals surface area contributed by atoms with Gasteiger partial charge in [0.2, 0.25) is 0 Å². The lowest BCUT2D eigenvalue weighted by atomic mass is 10.1. The molecule has 0 aliphatic rings. The van der Waals surface area contributed by atoms with Crippen LogP contribution < -0.4 is 14.0 Å². The van der Waals surface area contributed by atoms with Gasteiger partial charge in [-0.15, -0.1) is 0 Å². The molecule has 0 radical (unpaired) electrons. The second kappa shape index (κ2) is 12.1. The molecular formula is C27H33BO3. The maximum absolute atomic E-state index is 6.16. The third kappa shape index (κ3) is 7.39. The first-order valence-corrected chi connectivity index (χ1v) is 11.5. The molecule has 3 rings (SSSR count). The number of benzene rings is 3. The second-order valence-corrected chi connectivity index (χ2v) is 7.83. The van der Waals surface area contributed by atoms with Gasteiger partial charge in [0.1, 0.15) is 17.2 Å². The summed E-state index contributed by atoms with van der Waals surface area (Å²) in [5.74, 6) is 2.22. The Morgan fingerprint density at radius 3 is 1.13 bits per heavy atom. The summed E-state index contributed by atoms with van der Waals surface area (Å²) >= 11 is 0. The first-order valence-electron chi connectivity index (χ1n) is 11.5. The summed E-state index contributed by atoms with van der Waals surface area (Å²) in [6, 6.07) is 24.4. The van der Waals surface area contributed by atoms with Crippen LogP contribution in [-0.2, 0) is 19.3 Å². The van der Waals surface area contributed by atoms with Gasteiger partial charge >= 0.3 is 7.32 Å². The molecule has 3 nitrogen and oxygen atoms in total. The summed E-state index contributed by atoms with van der Waals surface area (Å²) in [7, 11) is -0.884. The molecule has 0 bridgehead atoms. The molecule has 0 saturated heterocycles. The molecule has 0 atom stereocenters. The maximum Gasteiger partial charge on any atom is 0.864 e. The summed E-state index contributed by atoms with van der Waals surface area (Å²) in [4.78, 5) is 0. The van der Waals surface area contributed by atoms with E-state index in [9.17, 15) is 0 Å². The fourth-order valence-corrected chi connectivity index (χ4v) is 3.59. The van der Waals surface area contributed by atoms with Gasteiger partial charge in [-0.05, 0) is 72.4 Å². The number of aryl methyl sites for hydroxylation is 3. The molecule has 0 aromatic heterocycles. The Bertz CT molecular complexity index is 819. The van der Waals surface area contributed by atoms with Crippen molar-refractivity contribution in [1.29, 1.82) is 0 Å². The molecule has 3 aromatic carbocycles. The van der Waals surface area contributed by atoms with Gasteiger partial charge in [-0.3, -0.25) is 0 Å². The van der Waals surface area contributed by atoms with Crippen molar-refractivity contribution in [2.24, 2.45) is 0 Å². The normalized spacial score (nSPS) is 10.5. The van der Waals surface area contributed by atoms with Crippen molar-refractivity contribution in [3.05, 3.63) is 89.5 Å². The van der Waals surface area contributed by atoms with Gasteiger partial charge in [-0.2, -0.15) is 0 Å². The zero-order valence-electron chi connectivity index (χ0n) is 19.0. The maximum atomic E-state index is 6.16. The van der Waals surface area contributed by atoms with E-state index in [1.807, 2.05) is 36.4 Å². The fourth-order valence-electron chi connectivity index (χ4n) is 3.59. The lowest BCUT2D eigenvalue weighted by Crippen LogP contribution is -2.37. The van der Waals surface area contributed by atoms with Crippen LogP contribution in [-0.4, -0.2) is 7.32 Å². The van der Waals surface area contributed by atoms with Gasteiger partial charge in [0.05, 0.1) is 0 Å². The van der Waals surface area contributed by atoms with E-state index >= 15 is 0 Å². The van der Waals surface area contributed by atoms with Gasteiger partial charge in [0.25, 0.3) is 0 Å². The Morgan fingerprint density at radius 2 is 0.839 bits per heavy atom. The summed E-state index contributed by atoms with van der Waals surface area (Å²) in [6.07, 6.45) is 6.32. The molecule has 31 heavy (non-hydrogen) atoms. The SMILES string of the molecule is CCCc1cccc(OB(Oc2cccc(CCC)c2)Oc2cccc(CCC)c2)c1. The lowest BCUT2D eigenvalue weighted by Gasteiger charge is -2.18. The Morgan fingerprint density at radius 1 is 0.516 bits per heavy atom. The largest absolute Gasteiger partial charge is 0.864 e. The highest BCUT2D eigenvalue weighted by molar-refractivity contribution is 6.39. The van der Waals surface area contributed by atoms with Crippen molar-refractivity contribution >= 4 is 7.32 Å². The van der Waals surface area contributed by atoms with Crippen molar-refractivity contribution in [3.63, 3.8) is 0 Å². The molecule has 0 amide bonds. The van der Waals surface area contributed by atoms with Crippen molar-refractivity contribution < 1.29 is 14.0 Å². The van der Waals surface area contributed by atoms with Crippen LogP contribution >= 0.6 is 0 Å². The molecule has 0 aliphatic carbocycles. The molecule has 0 heterocycles. The van der Waals surface area contributed by atoms with Crippen molar-refractivity contribution in [2.45, 2.75) is 59.3 Å². The predicted octanol–water partition coefficient (Wildman–Crippen LogP) is 7.07. The van der Waals surface area contributed by atoms with E-state index in [4.69, 9.17) is 14.0 Å². The third-order valence-electron chi connectivity index (χ3n) is 5.01. The molecule has 4 heteroatoms. The molecule has 0 N–H and O–H groups in total. The van der Waals surface area contributed by atoms with Crippen LogP contribution in [0.1, 0.15) is 56.7 Å². The van der Waals surface area contributed by atoms with E-state index in [1.54, 1.807) is 0 Å². The molecule has 0 saturated carbocycles. The van der Waals surface area contributed by atoms with E-state index in [0.717, 1.165) is 55.8 Å². The minimum atomic E-state index is -0.884. The monoisotopic (exact) mass is 416 g/mol. The van der Waals surface area contributed by atoms with Crippen LogP contribution in [0.3, 0.4) is 0 Å². The number of rotatable bonds is 12. The smallest absolute Gasteiger partial charge is 0.490 e. The minimum absolute atomic E-state index is 0.741.